The van der Waals surface area contributed by atoms with Crippen LogP contribution in [0.5, 0.6) is 0 Å². The van der Waals surface area contributed by atoms with Crippen LogP contribution in [-0.4, -0.2) is 122 Å². The second-order valence-corrected chi connectivity index (χ2v) is 12.2. The minimum absolute atomic E-state index is 0. The Morgan fingerprint density at radius 1 is 0.702 bits per heavy atom. The van der Waals surface area contributed by atoms with Crippen LogP contribution in [0.4, 0.5) is 35.2 Å². The number of aliphatic hydroxyl groups is 2. The van der Waals surface area contributed by atoms with Crippen LogP contribution in [0, 0.1) is 0 Å². The molecule has 0 unspecified atom stereocenters. The summed E-state index contributed by atoms with van der Waals surface area (Å²) >= 11 is 11.8. The summed E-state index contributed by atoms with van der Waals surface area (Å²) in [7, 11) is -9.88. The molecule has 2 aromatic heterocycles. The molecule has 0 atom stereocenters. The van der Waals surface area contributed by atoms with E-state index in [1.54, 1.807) is 0 Å². The third kappa shape index (κ3) is 11.1. The summed E-state index contributed by atoms with van der Waals surface area (Å²) in [5.74, 6) is -0.114. The maximum atomic E-state index is 12.2. The van der Waals surface area contributed by atoms with Crippen molar-refractivity contribution in [2.75, 3.05) is 47.6 Å². The van der Waals surface area contributed by atoms with Crippen molar-refractivity contribution in [3.05, 3.63) is 58.1 Å². The quantitative estimate of drug-likeness (QED) is 0.0547. The molecule has 2 aromatic carbocycles. The predicted molar refractivity (Wildman–Crippen MR) is 175 cm³/mol. The van der Waals surface area contributed by atoms with Crippen molar-refractivity contribution < 1.29 is 37.6 Å². The summed E-state index contributed by atoms with van der Waals surface area (Å²) in [6, 6.07) is 7.45. The zero-order chi connectivity index (χ0) is 33.5. The molecule has 0 bridgehead atoms. The van der Waals surface area contributed by atoms with Crippen molar-refractivity contribution in [3.63, 3.8) is 0 Å². The molecule has 2 heterocycles. The van der Waals surface area contributed by atoms with E-state index in [1.165, 1.54) is 36.4 Å². The molecule has 0 fully saturated rings. The van der Waals surface area contributed by atoms with Crippen molar-refractivity contribution >= 4 is 120 Å². The van der Waals surface area contributed by atoms with Gasteiger partial charge in [0.2, 0.25) is 34.4 Å². The van der Waals surface area contributed by atoms with Gasteiger partial charge in [-0.1, -0.05) is 24.3 Å². The third-order valence-electron chi connectivity index (χ3n) is 5.54. The molecular weight excluding hydrogens is 714 g/mol. The molecule has 0 radical (unpaired) electrons. The first-order valence-corrected chi connectivity index (χ1v) is 16.3. The molecule has 47 heavy (non-hydrogen) atoms. The van der Waals surface area contributed by atoms with Crippen molar-refractivity contribution in [2.45, 2.75) is 9.79 Å². The first kappa shape index (κ1) is 38.2. The van der Waals surface area contributed by atoms with E-state index in [1.807, 2.05) is 0 Å². The fourth-order valence-corrected chi connectivity index (χ4v) is 5.41. The van der Waals surface area contributed by atoms with Crippen LogP contribution in [0.3, 0.4) is 0 Å². The van der Waals surface area contributed by atoms with Gasteiger partial charge in [0.25, 0.3) is 10.1 Å². The zero-order valence-corrected chi connectivity index (χ0v) is 26.2. The second-order valence-electron chi connectivity index (χ2n) is 8.82. The number of halogens is 2. The number of nitrogens with one attached hydrogen (secondary N) is 4. The normalized spacial score (nSPS) is 11.6. The maximum absolute atomic E-state index is 12.2. The Morgan fingerprint density at radius 2 is 1.11 bits per heavy atom. The van der Waals surface area contributed by atoms with Crippen LogP contribution in [0.15, 0.2) is 46.2 Å². The fourth-order valence-electron chi connectivity index (χ4n) is 3.68. The molecule has 0 aliphatic carbocycles. The molecule has 4 rings (SSSR count). The molecule has 18 nitrogen and oxygen atoms in total. The first-order valence-electron chi connectivity index (χ1n) is 12.7. The van der Waals surface area contributed by atoms with Crippen molar-refractivity contribution in [2.24, 2.45) is 0 Å². The number of anilines is 6. The molecule has 0 aliphatic heterocycles. The van der Waals surface area contributed by atoms with Gasteiger partial charge in [-0.3, -0.25) is 4.55 Å². The monoisotopic (exact) mass is 738 g/mol. The fraction of sp³-hybridized carbons (Fsp3) is 0.167. The van der Waals surface area contributed by atoms with Crippen LogP contribution < -0.4 is 21.3 Å². The Balaban J connectivity index is 0.00000400. The Bertz CT molecular complexity index is 1860. The standard InChI is InChI=1S/C24H24Cl2N10O8S2.Na.H/c25-19-31-21(27-7-9-37)35-23(33-19)29-15-5-3-13(17(11-15)45(39,40)41)1-2-14-4-6-16(12-18(14)46(42,43)44)30-24-34-20(26)32-22(36-24)28-8-10-38;;/h1-6,11-12,37-38H,7-10H2,(H,39,40,41)(H,42,43,44)(H2,27,29,31,33,35)(H2,28,30,32,34,36);;. The molecule has 0 amide bonds. The van der Waals surface area contributed by atoms with Gasteiger partial charge >= 0.3 is 31.0 Å². The SMILES string of the molecule is O=S(=O)([O-])c1cc(Nc2nc(Cl)nc(NCCO)n2)ccc1C=Cc1ccc(Nc2nc(Cl)nc(NCCO)n2)cc1S(=O)(=O)O.[H+].[NaH]. The van der Waals surface area contributed by atoms with Crippen LogP contribution in [-0.2, 0) is 20.2 Å². The number of hydrogen-bond acceptors (Lipinski definition) is 17. The van der Waals surface area contributed by atoms with E-state index in [0.29, 0.717) is 0 Å². The van der Waals surface area contributed by atoms with Gasteiger partial charge in [0.05, 0.1) is 18.1 Å². The summed E-state index contributed by atoms with van der Waals surface area (Å²) < 4.78 is 70.8. The number of hydrogen-bond donors (Lipinski definition) is 7. The Labute approximate surface area is 301 Å². The molecular formula is C24H25Cl2N10NaO8S2. The molecule has 23 heteroatoms. The summed E-state index contributed by atoms with van der Waals surface area (Å²) in [6.07, 6.45) is 2.36. The second kappa shape index (κ2) is 16.7. The molecule has 246 valence electrons. The van der Waals surface area contributed by atoms with E-state index in [9.17, 15) is 25.9 Å². The van der Waals surface area contributed by atoms with Crippen molar-refractivity contribution in [3.8, 4) is 0 Å². The average Bonchev–Trinajstić information content (AvgIpc) is 2.97. The molecule has 7 N–H and O–H groups in total. The van der Waals surface area contributed by atoms with Crippen LogP contribution in [0.2, 0.25) is 10.6 Å². The number of aliphatic hydroxyl groups excluding tert-OH is 2. The third-order valence-corrected chi connectivity index (χ3v) is 7.67. The van der Waals surface area contributed by atoms with E-state index in [4.69, 9.17) is 33.4 Å². The van der Waals surface area contributed by atoms with Crippen molar-refractivity contribution in [1.82, 2.24) is 29.9 Å². The number of aromatic nitrogens is 6. The van der Waals surface area contributed by atoms with Gasteiger partial charge in [-0.25, -0.2) is 8.42 Å². The summed E-state index contributed by atoms with van der Waals surface area (Å²) in [5.41, 5.74) is 0.0349. The van der Waals surface area contributed by atoms with E-state index in [2.05, 4.69) is 51.2 Å². The van der Waals surface area contributed by atoms with Crippen molar-refractivity contribution in [1.29, 1.82) is 0 Å². The van der Waals surface area contributed by atoms with Gasteiger partial charge < -0.3 is 36.0 Å². The number of benzene rings is 2. The van der Waals surface area contributed by atoms with Gasteiger partial charge in [-0.2, -0.15) is 38.3 Å². The molecule has 0 saturated heterocycles. The van der Waals surface area contributed by atoms with E-state index in [-0.39, 0.29) is 114 Å². The zero-order valence-electron chi connectivity index (χ0n) is 24.1. The van der Waals surface area contributed by atoms with Crippen LogP contribution in [0.25, 0.3) is 12.2 Å². The van der Waals surface area contributed by atoms with Gasteiger partial charge in [0.15, 0.2) is 0 Å². The number of nitrogens with zero attached hydrogens (tertiary/aromatic N) is 6. The van der Waals surface area contributed by atoms with E-state index in [0.717, 1.165) is 12.1 Å². The Hall–Kier alpha value is -3.28. The summed E-state index contributed by atoms with van der Waals surface area (Å²) in [6.45, 7) is -0.166. The van der Waals surface area contributed by atoms with Gasteiger partial charge in [0, 0.05) is 24.5 Å². The van der Waals surface area contributed by atoms with Gasteiger partial charge in [0.1, 0.15) is 15.0 Å². The Morgan fingerprint density at radius 3 is 1.51 bits per heavy atom. The molecule has 0 saturated carbocycles. The minimum atomic E-state index is -5.06. The van der Waals surface area contributed by atoms with E-state index >= 15 is 0 Å². The van der Waals surface area contributed by atoms with Crippen LogP contribution >= 0.6 is 23.2 Å². The number of rotatable bonds is 14. The molecule has 0 aliphatic rings. The van der Waals surface area contributed by atoms with Crippen LogP contribution in [0.1, 0.15) is 12.6 Å². The van der Waals surface area contributed by atoms with Gasteiger partial charge in [-0.05, 0) is 58.6 Å². The topological polar surface area (TPSA) is 277 Å². The predicted octanol–water partition coefficient (Wildman–Crippen LogP) is 1.44. The summed E-state index contributed by atoms with van der Waals surface area (Å²) in [5, 5.41) is 28.4. The molecule has 0 spiro atoms. The Kier molecular flexibility index (Phi) is 13.6. The summed E-state index contributed by atoms with van der Waals surface area (Å²) in [4.78, 5) is 22.3. The average molecular weight is 740 g/mol. The van der Waals surface area contributed by atoms with Gasteiger partial charge in [-0.15, -0.1) is 0 Å². The first-order chi connectivity index (χ1) is 21.7. The van der Waals surface area contributed by atoms with E-state index < -0.39 is 30.0 Å². The molecule has 4 aromatic rings.